The minimum absolute atomic E-state index is 1.03. The first-order valence-electron chi connectivity index (χ1n) is 6.71. The van der Waals surface area contributed by atoms with Gasteiger partial charge in [0.1, 0.15) is 0 Å². The molecule has 0 heterocycles. The quantitative estimate of drug-likeness (QED) is 0.624. The van der Waals surface area contributed by atoms with Crippen molar-refractivity contribution >= 4 is 22.6 Å². The van der Waals surface area contributed by atoms with Crippen molar-refractivity contribution in [2.45, 2.75) is 41.0 Å². The zero-order valence-corrected chi connectivity index (χ0v) is 14.6. The van der Waals surface area contributed by atoms with Gasteiger partial charge in [-0.05, 0) is 103 Å². The molecular weight excluding hydrogens is 343 g/mol. The summed E-state index contributed by atoms with van der Waals surface area (Å²) in [6.45, 7) is 11.0. The molecule has 0 aliphatic heterocycles. The molecule has 0 atom stereocenters. The summed E-state index contributed by atoms with van der Waals surface area (Å²) in [5.74, 6) is 0. The predicted molar refractivity (Wildman–Crippen MR) is 92.1 cm³/mol. The fourth-order valence-electron chi connectivity index (χ4n) is 2.60. The summed E-state index contributed by atoms with van der Waals surface area (Å²) in [6, 6.07) is 9.29. The lowest BCUT2D eigenvalue weighted by Crippen LogP contribution is -1.96. The monoisotopic (exact) mass is 364 g/mol. The van der Waals surface area contributed by atoms with Gasteiger partial charge in [0.2, 0.25) is 0 Å². The molecule has 0 nitrogen and oxygen atoms in total. The van der Waals surface area contributed by atoms with Crippen molar-refractivity contribution < 1.29 is 0 Å². The van der Waals surface area contributed by atoms with Crippen molar-refractivity contribution in [1.82, 2.24) is 0 Å². The zero-order valence-electron chi connectivity index (χ0n) is 12.4. The molecule has 0 aliphatic rings. The lowest BCUT2D eigenvalue weighted by atomic mass is 9.95. The molecule has 1 heteroatoms. The molecule has 0 amide bonds. The van der Waals surface area contributed by atoms with E-state index >= 15 is 0 Å². The van der Waals surface area contributed by atoms with Gasteiger partial charge < -0.3 is 0 Å². The van der Waals surface area contributed by atoms with Gasteiger partial charge in [0, 0.05) is 3.57 Å². The third-order valence-corrected chi connectivity index (χ3v) is 5.59. The van der Waals surface area contributed by atoms with Crippen molar-refractivity contribution in [2.24, 2.45) is 0 Å². The summed E-state index contributed by atoms with van der Waals surface area (Å²) < 4.78 is 1.39. The zero-order chi connectivity index (χ0) is 14.2. The number of halogens is 1. The van der Waals surface area contributed by atoms with Gasteiger partial charge >= 0.3 is 0 Å². The van der Waals surface area contributed by atoms with E-state index in [4.69, 9.17) is 0 Å². The van der Waals surface area contributed by atoms with Crippen molar-refractivity contribution in [3.63, 3.8) is 0 Å². The second-order valence-electron chi connectivity index (χ2n) is 5.57. The maximum absolute atomic E-state index is 2.43. The summed E-state index contributed by atoms with van der Waals surface area (Å²) in [4.78, 5) is 0. The van der Waals surface area contributed by atoms with Crippen LogP contribution in [0.5, 0.6) is 0 Å². The molecule has 0 spiro atoms. The van der Waals surface area contributed by atoms with E-state index in [0.717, 1.165) is 6.42 Å². The van der Waals surface area contributed by atoms with Crippen LogP contribution in [-0.2, 0) is 6.42 Å². The van der Waals surface area contributed by atoms with Crippen LogP contribution in [0.25, 0.3) is 0 Å². The largest absolute Gasteiger partial charge is 0.0555 e. The average molecular weight is 364 g/mol. The minimum atomic E-state index is 1.03. The van der Waals surface area contributed by atoms with E-state index in [9.17, 15) is 0 Å². The van der Waals surface area contributed by atoms with Crippen LogP contribution < -0.4 is 0 Å². The molecule has 0 aliphatic carbocycles. The molecule has 0 radical (unpaired) electrons. The fraction of sp³-hybridized carbons (Fsp3) is 0.333. The summed E-state index contributed by atoms with van der Waals surface area (Å²) >= 11 is 2.43. The Morgan fingerprint density at radius 3 is 1.47 bits per heavy atom. The number of benzene rings is 2. The number of aryl methyl sites for hydroxylation is 4. The highest BCUT2D eigenvalue weighted by molar-refractivity contribution is 14.1. The van der Waals surface area contributed by atoms with E-state index in [1.54, 1.807) is 0 Å². The summed E-state index contributed by atoms with van der Waals surface area (Å²) in [7, 11) is 0. The van der Waals surface area contributed by atoms with Gasteiger partial charge in [-0.3, -0.25) is 0 Å². The molecule has 2 aromatic carbocycles. The van der Waals surface area contributed by atoms with Crippen LogP contribution in [0.2, 0.25) is 0 Å². The molecule has 2 aromatic rings. The molecule has 0 aromatic heterocycles. The maximum atomic E-state index is 2.43. The van der Waals surface area contributed by atoms with E-state index in [1.165, 1.54) is 42.5 Å². The third kappa shape index (κ3) is 3.19. The predicted octanol–water partition coefficient (Wildman–Crippen LogP) is 5.42. The molecule has 0 N–H and O–H groups in total. The molecule has 2 rings (SSSR count). The summed E-state index contributed by atoms with van der Waals surface area (Å²) in [6.07, 6.45) is 1.03. The van der Waals surface area contributed by atoms with Crippen LogP contribution in [0, 0.1) is 38.2 Å². The minimum Gasteiger partial charge on any atom is -0.0555 e. The van der Waals surface area contributed by atoms with Crippen molar-refractivity contribution in [2.75, 3.05) is 0 Å². The first-order valence-corrected chi connectivity index (χ1v) is 7.78. The Hall–Kier alpha value is -0.830. The number of rotatable bonds is 2. The molecule has 100 valence electrons. The third-order valence-electron chi connectivity index (χ3n) is 3.89. The number of hydrogen-bond donors (Lipinski definition) is 0. The van der Waals surface area contributed by atoms with Crippen LogP contribution in [0.4, 0.5) is 0 Å². The van der Waals surface area contributed by atoms with Gasteiger partial charge in [-0.2, -0.15) is 0 Å². The Kier molecular flexibility index (Phi) is 4.34. The fourth-order valence-corrected chi connectivity index (χ4v) is 2.91. The Morgan fingerprint density at radius 2 is 1.05 bits per heavy atom. The average Bonchev–Trinajstić information content (AvgIpc) is 2.33. The van der Waals surface area contributed by atoms with Crippen LogP contribution in [0.1, 0.15) is 38.9 Å². The lowest BCUT2D eigenvalue weighted by molar-refractivity contribution is 1.13. The summed E-state index contributed by atoms with van der Waals surface area (Å²) in [5, 5.41) is 0. The maximum Gasteiger partial charge on any atom is 0.0188 e. The molecule has 0 fully saturated rings. The smallest absolute Gasteiger partial charge is 0.0188 e. The van der Waals surface area contributed by atoms with E-state index in [2.05, 4.69) is 81.5 Å². The Labute approximate surface area is 130 Å². The standard InChI is InChI=1S/C18H21I/c1-11-6-16(7-12(2)15(11)5)10-17-8-13(3)18(19)14(4)9-17/h6-9H,10H2,1-5H3. The second kappa shape index (κ2) is 5.66. The molecule has 0 unspecified atom stereocenters. The van der Waals surface area contributed by atoms with Crippen LogP contribution in [-0.4, -0.2) is 0 Å². The molecular formula is C18H21I. The van der Waals surface area contributed by atoms with E-state index in [1.807, 2.05) is 0 Å². The highest BCUT2D eigenvalue weighted by Crippen LogP contribution is 2.22. The summed E-state index contributed by atoms with van der Waals surface area (Å²) in [5.41, 5.74) is 9.81. The molecule has 0 saturated heterocycles. The normalized spacial score (nSPS) is 10.8. The highest BCUT2D eigenvalue weighted by atomic mass is 127. The van der Waals surface area contributed by atoms with Crippen LogP contribution in [0.15, 0.2) is 24.3 Å². The van der Waals surface area contributed by atoms with Gasteiger partial charge in [-0.15, -0.1) is 0 Å². The van der Waals surface area contributed by atoms with Gasteiger partial charge in [-0.25, -0.2) is 0 Å². The van der Waals surface area contributed by atoms with E-state index < -0.39 is 0 Å². The first-order chi connectivity index (χ1) is 8.88. The topological polar surface area (TPSA) is 0 Å². The van der Waals surface area contributed by atoms with Gasteiger partial charge in [0.05, 0.1) is 0 Å². The van der Waals surface area contributed by atoms with Crippen molar-refractivity contribution in [3.05, 3.63) is 66.8 Å². The molecule has 0 bridgehead atoms. The molecule has 0 saturated carbocycles. The highest BCUT2D eigenvalue weighted by Gasteiger charge is 2.05. The van der Waals surface area contributed by atoms with E-state index in [-0.39, 0.29) is 0 Å². The van der Waals surface area contributed by atoms with Gasteiger partial charge in [0.25, 0.3) is 0 Å². The van der Waals surface area contributed by atoms with E-state index in [0.29, 0.717) is 0 Å². The first kappa shape index (κ1) is 14.6. The van der Waals surface area contributed by atoms with Crippen LogP contribution >= 0.6 is 22.6 Å². The van der Waals surface area contributed by atoms with Crippen LogP contribution in [0.3, 0.4) is 0 Å². The van der Waals surface area contributed by atoms with Crippen molar-refractivity contribution in [1.29, 1.82) is 0 Å². The SMILES string of the molecule is Cc1cc(Cc2cc(C)c(I)c(C)c2)cc(C)c1C. The number of hydrogen-bond acceptors (Lipinski definition) is 0. The van der Waals surface area contributed by atoms with Gasteiger partial charge in [0.15, 0.2) is 0 Å². The van der Waals surface area contributed by atoms with Gasteiger partial charge in [-0.1, -0.05) is 24.3 Å². The lowest BCUT2D eigenvalue weighted by Gasteiger charge is -2.11. The Morgan fingerprint density at radius 1 is 0.684 bits per heavy atom. The second-order valence-corrected chi connectivity index (χ2v) is 6.65. The Bertz CT molecular complexity index is 522. The molecule has 19 heavy (non-hydrogen) atoms. The van der Waals surface area contributed by atoms with Crippen molar-refractivity contribution in [3.8, 4) is 0 Å². The Balaban J connectivity index is 2.36.